The molecule has 0 fully saturated rings. The van der Waals surface area contributed by atoms with Gasteiger partial charge in [-0.15, -0.1) is 0 Å². The van der Waals surface area contributed by atoms with Crippen LogP contribution in [-0.2, 0) is 0 Å². The van der Waals surface area contributed by atoms with Crippen molar-refractivity contribution in [2.24, 2.45) is 0 Å². The van der Waals surface area contributed by atoms with Crippen molar-refractivity contribution in [3.63, 3.8) is 0 Å². The highest BCUT2D eigenvalue weighted by molar-refractivity contribution is 5.61. The first-order valence-corrected chi connectivity index (χ1v) is 4.99. The summed E-state index contributed by atoms with van der Waals surface area (Å²) >= 11 is 0. The number of hydrogen-bond acceptors (Lipinski definition) is 1. The van der Waals surface area contributed by atoms with E-state index in [2.05, 4.69) is 17.6 Å². The van der Waals surface area contributed by atoms with Gasteiger partial charge >= 0.3 is 0 Å². The first kappa shape index (κ1) is 12.6. The molecule has 1 heteroatoms. The second-order valence-electron chi connectivity index (χ2n) is 2.69. The Morgan fingerprint density at radius 1 is 1.36 bits per heavy atom. The molecule has 0 aliphatic rings. The maximum absolute atomic E-state index is 4.28. The Morgan fingerprint density at radius 3 is 2.50 bits per heavy atom. The molecule has 1 aromatic heterocycles. The van der Waals surface area contributed by atoms with Gasteiger partial charge in [0.05, 0.1) is 5.69 Å². The molecule has 0 saturated heterocycles. The SMILES string of the molecule is C=Cc1cc(C)cnc1/C=C\C.CC. The maximum Gasteiger partial charge on any atom is 0.0698 e. The summed E-state index contributed by atoms with van der Waals surface area (Å²) in [6.07, 6.45) is 7.65. The molecule has 0 aliphatic heterocycles. The molecule has 0 N–H and O–H groups in total. The molecule has 0 saturated carbocycles. The lowest BCUT2D eigenvalue weighted by Gasteiger charge is -2.00. The number of aromatic nitrogens is 1. The van der Waals surface area contributed by atoms with Crippen LogP contribution in [0.5, 0.6) is 0 Å². The van der Waals surface area contributed by atoms with E-state index in [1.165, 1.54) is 0 Å². The van der Waals surface area contributed by atoms with Crippen molar-refractivity contribution in [1.29, 1.82) is 0 Å². The largest absolute Gasteiger partial charge is 0.256 e. The molecular formula is C13H19N. The molecular weight excluding hydrogens is 170 g/mol. The smallest absolute Gasteiger partial charge is 0.0698 e. The molecule has 1 heterocycles. The standard InChI is InChI=1S/C11H13N.C2H6/c1-4-6-11-10(5-2)7-9(3)8-12-11;1-2/h4-8H,2H2,1,3H3;1-2H3/b6-4-;. The van der Waals surface area contributed by atoms with Crippen LogP contribution in [-0.4, -0.2) is 4.98 Å². The van der Waals surface area contributed by atoms with Crippen LogP contribution < -0.4 is 0 Å². The van der Waals surface area contributed by atoms with Crippen molar-refractivity contribution in [2.75, 3.05) is 0 Å². The maximum atomic E-state index is 4.28. The second-order valence-corrected chi connectivity index (χ2v) is 2.69. The van der Waals surface area contributed by atoms with Gasteiger partial charge in [-0.25, -0.2) is 0 Å². The van der Waals surface area contributed by atoms with E-state index in [1.54, 1.807) is 0 Å². The van der Waals surface area contributed by atoms with Gasteiger partial charge in [0.1, 0.15) is 0 Å². The molecule has 1 aromatic rings. The first-order chi connectivity index (χ1) is 6.77. The van der Waals surface area contributed by atoms with Crippen LogP contribution in [0, 0.1) is 6.92 Å². The molecule has 0 aliphatic carbocycles. The molecule has 0 bridgehead atoms. The lowest BCUT2D eigenvalue weighted by atomic mass is 10.1. The van der Waals surface area contributed by atoms with Gasteiger partial charge in [0.25, 0.3) is 0 Å². The monoisotopic (exact) mass is 189 g/mol. The van der Waals surface area contributed by atoms with Crippen LogP contribution in [0.15, 0.2) is 24.9 Å². The minimum Gasteiger partial charge on any atom is -0.256 e. The Morgan fingerprint density at radius 2 is 2.00 bits per heavy atom. The third kappa shape index (κ3) is 3.56. The fourth-order valence-electron chi connectivity index (χ4n) is 1.06. The van der Waals surface area contributed by atoms with Gasteiger partial charge < -0.3 is 0 Å². The van der Waals surface area contributed by atoms with Gasteiger partial charge in [-0.05, 0) is 37.1 Å². The third-order valence-electron chi connectivity index (χ3n) is 1.63. The highest BCUT2D eigenvalue weighted by Crippen LogP contribution is 2.11. The van der Waals surface area contributed by atoms with Gasteiger partial charge in [0.15, 0.2) is 0 Å². The summed E-state index contributed by atoms with van der Waals surface area (Å²) in [5, 5.41) is 0. The number of nitrogens with zero attached hydrogens (tertiary/aromatic N) is 1. The van der Waals surface area contributed by atoms with Crippen molar-refractivity contribution in [2.45, 2.75) is 27.7 Å². The second kappa shape index (κ2) is 7.07. The fraction of sp³-hybridized carbons (Fsp3) is 0.308. The van der Waals surface area contributed by atoms with Crippen molar-refractivity contribution in [3.8, 4) is 0 Å². The predicted octanol–water partition coefficient (Wildman–Crippen LogP) is 4.09. The highest BCUT2D eigenvalue weighted by Gasteiger charge is 1.95. The van der Waals surface area contributed by atoms with Gasteiger partial charge in [-0.1, -0.05) is 32.6 Å². The van der Waals surface area contributed by atoms with Crippen LogP contribution in [0.4, 0.5) is 0 Å². The minimum atomic E-state index is 0.984. The zero-order chi connectivity index (χ0) is 11.0. The molecule has 0 atom stereocenters. The van der Waals surface area contributed by atoms with Crippen molar-refractivity contribution in [3.05, 3.63) is 41.7 Å². The van der Waals surface area contributed by atoms with Crippen LogP contribution in [0.1, 0.15) is 37.6 Å². The molecule has 1 nitrogen and oxygen atoms in total. The van der Waals surface area contributed by atoms with E-state index in [0.717, 1.165) is 16.8 Å². The topological polar surface area (TPSA) is 12.9 Å². The molecule has 0 spiro atoms. The van der Waals surface area contributed by atoms with E-state index in [0.29, 0.717) is 0 Å². The Hall–Kier alpha value is -1.37. The van der Waals surface area contributed by atoms with Gasteiger partial charge in [-0.3, -0.25) is 4.98 Å². The Kier molecular flexibility index (Phi) is 6.38. The third-order valence-corrected chi connectivity index (χ3v) is 1.63. The predicted molar refractivity (Wildman–Crippen MR) is 65.1 cm³/mol. The molecule has 0 aromatic carbocycles. The summed E-state index contributed by atoms with van der Waals surface area (Å²) in [4.78, 5) is 4.28. The van der Waals surface area contributed by atoms with Crippen LogP contribution >= 0.6 is 0 Å². The average molecular weight is 189 g/mol. The van der Waals surface area contributed by atoms with Gasteiger partial charge in [-0.2, -0.15) is 0 Å². The average Bonchev–Trinajstić information content (AvgIpc) is 2.24. The molecule has 0 amide bonds. The number of aryl methyl sites for hydroxylation is 1. The lowest BCUT2D eigenvalue weighted by Crippen LogP contribution is -1.87. The quantitative estimate of drug-likeness (QED) is 0.682. The minimum absolute atomic E-state index is 0.984. The van der Waals surface area contributed by atoms with E-state index in [1.807, 2.05) is 52.1 Å². The van der Waals surface area contributed by atoms with E-state index in [-0.39, 0.29) is 0 Å². The molecule has 76 valence electrons. The Labute approximate surface area is 87.2 Å². The Balaban J connectivity index is 0.000000791. The summed E-state index contributed by atoms with van der Waals surface area (Å²) in [6.45, 7) is 11.7. The normalized spacial score (nSPS) is 9.43. The summed E-state index contributed by atoms with van der Waals surface area (Å²) in [5.74, 6) is 0. The van der Waals surface area contributed by atoms with Gasteiger partial charge in [0.2, 0.25) is 0 Å². The summed E-state index contributed by atoms with van der Waals surface area (Å²) < 4.78 is 0. The number of rotatable bonds is 2. The van der Waals surface area contributed by atoms with Crippen molar-refractivity contribution < 1.29 is 0 Å². The zero-order valence-corrected chi connectivity index (χ0v) is 9.54. The van der Waals surface area contributed by atoms with E-state index < -0.39 is 0 Å². The summed E-state index contributed by atoms with van der Waals surface area (Å²) in [7, 11) is 0. The van der Waals surface area contributed by atoms with Gasteiger partial charge in [0, 0.05) is 6.20 Å². The molecule has 0 unspecified atom stereocenters. The fourth-order valence-corrected chi connectivity index (χ4v) is 1.06. The zero-order valence-electron chi connectivity index (χ0n) is 9.54. The van der Waals surface area contributed by atoms with E-state index in [9.17, 15) is 0 Å². The molecule has 0 radical (unpaired) electrons. The molecule has 1 rings (SSSR count). The number of pyridine rings is 1. The Bertz CT molecular complexity index is 311. The molecule has 14 heavy (non-hydrogen) atoms. The summed E-state index contributed by atoms with van der Waals surface area (Å²) in [5.41, 5.74) is 3.24. The van der Waals surface area contributed by atoms with E-state index in [4.69, 9.17) is 0 Å². The summed E-state index contributed by atoms with van der Waals surface area (Å²) in [6, 6.07) is 2.08. The van der Waals surface area contributed by atoms with Crippen LogP contribution in [0.2, 0.25) is 0 Å². The highest BCUT2D eigenvalue weighted by atomic mass is 14.7. The number of allylic oxidation sites excluding steroid dienone is 1. The van der Waals surface area contributed by atoms with Crippen LogP contribution in [0.25, 0.3) is 12.2 Å². The van der Waals surface area contributed by atoms with Crippen molar-refractivity contribution >= 4 is 12.2 Å². The first-order valence-electron chi connectivity index (χ1n) is 4.99. The number of hydrogen-bond donors (Lipinski definition) is 0. The van der Waals surface area contributed by atoms with E-state index >= 15 is 0 Å². The van der Waals surface area contributed by atoms with Crippen LogP contribution in [0.3, 0.4) is 0 Å². The lowest BCUT2D eigenvalue weighted by molar-refractivity contribution is 1.23. The van der Waals surface area contributed by atoms with Crippen molar-refractivity contribution in [1.82, 2.24) is 4.98 Å².